The summed E-state index contributed by atoms with van der Waals surface area (Å²) in [7, 11) is 2.00. The Hall–Kier alpha value is -2.28. The van der Waals surface area contributed by atoms with Gasteiger partial charge in [0.25, 0.3) is 0 Å². The maximum atomic E-state index is 12.0. The molecule has 0 atom stereocenters. The van der Waals surface area contributed by atoms with E-state index in [4.69, 9.17) is 10.2 Å². The summed E-state index contributed by atoms with van der Waals surface area (Å²) in [5.41, 5.74) is 1.75. The van der Waals surface area contributed by atoms with Crippen molar-refractivity contribution in [1.82, 2.24) is 0 Å². The summed E-state index contributed by atoms with van der Waals surface area (Å²) in [6.07, 6.45) is 1.48. The molecule has 0 radical (unpaired) electrons. The molecule has 0 bridgehead atoms. The predicted molar refractivity (Wildman–Crippen MR) is 98.9 cm³/mol. The molecule has 0 aliphatic rings. The smallest absolute Gasteiger partial charge is 0.0551 e. The average Bonchev–Trinajstić information content (AvgIpc) is 2.65. The molecule has 0 unspecified atom stereocenters. The summed E-state index contributed by atoms with van der Waals surface area (Å²) in [5.74, 6) is -0.240. The van der Waals surface area contributed by atoms with Crippen LogP contribution < -0.4 is 10.2 Å². The third-order valence-corrected chi connectivity index (χ3v) is 3.38. The number of fused-ring (bicyclic) bond motifs is 1. The summed E-state index contributed by atoms with van der Waals surface area (Å²) in [6.45, 7) is 1.86. The van der Waals surface area contributed by atoms with Crippen LogP contribution in [0.25, 0.3) is 10.8 Å². The van der Waals surface area contributed by atoms with E-state index in [-0.39, 0.29) is 43.5 Å². The number of aryl methyl sites for hydroxylation is 1. The Morgan fingerprint density at radius 1 is 0.821 bits per heavy atom. The summed E-state index contributed by atoms with van der Waals surface area (Å²) < 4.78 is 0. The maximum Gasteiger partial charge on any atom is 0.0551 e. The summed E-state index contributed by atoms with van der Waals surface area (Å²) in [4.78, 5) is 4.19. The SMILES string of the molecule is CO.CO.Cc1ccc(N=Cc2c([O-])ccc3ccccc23)c([O-])c1.[Mo].[O-2].[O-2]. The molecule has 0 aliphatic heterocycles. The monoisotopic (exact) mass is 469 g/mol. The van der Waals surface area contributed by atoms with Crippen LogP contribution in [-0.2, 0) is 32.0 Å². The van der Waals surface area contributed by atoms with Crippen LogP contribution in [0.2, 0.25) is 0 Å². The van der Waals surface area contributed by atoms with Crippen molar-refractivity contribution in [2.75, 3.05) is 14.2 Å². The fourth-order valence-electron chi connectivity index (χ4n) is 2.27. The molecule has 28 heavy (non-hydrogen) atoms. The molecule has 7 nitrogen and oxygen atoms in total. The Morgan fingerprint density at radius 2 is 1.43 bits per heavy atom. The van der Waals surface area contributed by atoms with Crippen LogP contribution in [0.4, 0.5) is 5.69 Å². The van der Waals surface area contributed by atoms with Gasteiger partial charge < -0.3 is 31.4 Å². The van der Waals surface area contributed by atoms with E-state index in [0.29, 0.717) is 11.3 Å². The minimum absolute atomic E-state index is 0. The summed E-state index contributed by atoms with van der Waals surface area (Å²) in [6, 6.07) is 16.0. The molecule has 0 spiro atoms. The molecule has 3 rings (SSSR count). The van der Waals surface area contributed by atoms with E-state index in [1.807, 2.05) is 37.3 Å². The fraction of sp³-hybridized carbons (Fsp3) is 0.150. The van der Waals surface area contributed by atoms with Gasteiger partial charge in [0, 0.05) is 41.5 Å². The van der Waals surface area contributed by atoms with Crippen molar-refractivity contribution in [2.45, 2.75) is 6.92 Å². The van der Waals surface area contributed by atoms with Crippen LogP contribution in [0.3, 0.4) is 0 Å². The van der Waals surface area contributed by atoms with Gasteiger partial charge in [-0.3, -0.25) is 4.99 Å². The molecule has 0 aromatic heterocycles. The van der Waals surface area contributed by atoms with Crippen molar-refractivity contribution in [3.8, 4) is 11.5 Å². The molecular formula is C20H21MoNO6-6. The van der Waals surface area contributed by atoms with E-state index in [1.54, 1.807) is 12.1 Å². The van der Waals surface area contributed by atoms with Crippen molar-refractivity contribution >= 4 is 22.7 Å². The van der Waals surface area contributed by atoms with Gasteiger partial charge in [-0.15, -0.1) is 0 Å². The predicted octanol–water partition coefficient (Wildman–Crippen LogP) is 2.02. The molecule has 154 valence electrons. The minimum atomic E-state index is -0.140. The number of aliphatic hydroxyl groups is 2. The Bertz CT molecular complexity index is 855. The largest absolute Gasteiger partial charge is 2.00 e. The van der Waals surface area contributed by atoms with Crippen molar-refractivity contribution in [2.24, 2.45) is 4.99 Å². The van der Waals surface area contributed by atoms with Crippen LogP contribution >= 0.6 is 0 Å². The minimum Gasteiger partial charge on any atom is -2.00 e. The standard InChI is InChI=1S/C18H15NO2.2CH4O.Mo.2O/c1-12-6-8-16(18(21)10-12)19-11-15-14-5-3-2-4-13(14)7-9-17(15)20;2*1-2;;;/h2-11,20-21H,1H3;2*2H,1H3;;;/q;;;;2*-2/p-2. The molecule has 0 saturated heterocycles. The van der Waals surface area contributed by atoms with Gasteiger partial charge in [0.15, 0.2) is 0 Å². The van der Waals surface area contributed by atoms with Gasteiger partial charge in [-0.25, -0.2) is 0 Å². The Kier molecular flexibility index (Phi) is 17.1. The van der Waals surface area contributed by atoms with Crippen molar-refractivity contribution < 1.29 is 52.4 Å². The average molecular weight is 467 g/mol. The van der Waals surface area contributed by atoms with Gasteiger partial charge in [0.2, 0.25) is 0 Å². The van der Waals surface area contributed by atoms with Gasteiger partial charge in [-0.05, 0) is 29.3 Å². The van der Waals surface area contributed by atoms with Gasteiger partial charge in [-0.1, -0.05) is 65.6 Å². The molecule has 8 heteroatoms. The molecule has 0 fully saturated rings. The Labute approximate surface area is 178 Å². The number of nitrogens with zero attached hydrogens (tertiary/aromatic N) is 1. The Morgan fingerprint density at radius 3 is 2.04 bits per heavy atom. The van der Waals surface area contributed by atoms with Crippen LogP contribution in [-0.4, -0.2) is 30.6 Å². The summed E-state index contributed by atoms with van der Waals surface area (Å²) in [5, 5.41) is 39.7. The number of hydrogen-bond donors (Lipinski definition) is 2. The summed E-state index contributed by atoms with van der Waals surface area (Å²) >= 11 is 0. The molecule has 0 amide bonds. The molecule has 3 aromatic carbocycles. The van der Waals surface area contributed by atoms with Gasteiger partial charge in [-0.2, -0.15) is 0 Å². The molecule has 0 saturated carbocycles. The second-order valence-corrected chi connectivity index (χ2v) is 4.93. The topological polar surface area (TPSA) is 156 Å². The third kappa shape index (κ3) is 7.76. The zero-order valence-corrected chi connectivity index (χ0v) is 17.7. The Balaban J connectivity index is -0.000000841. The first-order valence-corrected chi connectivity index (χ1v) is 7.55. The third-order valence-electron chi connectivity index (χ3n) is 3.38. The number of aliphatic hydroxyl groups excluding tert-OH is 2. The molecular weight excluding hydrogens is 446 g/mol. The quantitative estimate of drug-likeness (QED) is 0.437. The first kappa shape index (κ1) is 30.4. The van der Waals surface area contributed by atoms with Gasteiger partial charge in [0.1, 0.15) is 0 Å². The first-order valence-electron chi connectivity index (χ1n) is 7.55. The molecule has 0 aliphatic carbocycles. The van der Waals surface area contributed by atoms with E-state index >= 15 is 0 Å². The number of hydrogen-bond acceptors (Lipinski definition) is 5. The van der Waals surface area contributed by atoms with Crippen molar-refractivity contribution in [3.63, 3.8) is 0 Å². The van der Waals surface area contributed by atoms with Gasteiger partial charge in [0.05, 0.1) is 5.69 Å². The second kappa shape index (κ2) is 15.7. The van der Waals surface area contributed by atoms with Gasteiger partial charge >= 0.3 is 0 Å². The molecule has 3 aromatic rings. The normalized spacial score (nSPS) is 8.89. The first-order chi connectivity index (χ1) is 12.1. The number of benzene rings is 3. The maximum absolute atomic E-state index is 12.0. The van der Waals surface area contributed by atoms with Crippen molar-refractivity contribution in [3.05, 3.63) is 65.7 Å². The fourth-order valence-corrected chi connectivity index (χ4v) is 2.27. The zero-order chi connectivity index (χ0) is 18.8. The second-order valence-electron chi connectivity index (χ2n) is 4.93. The van der Waals surface area contributed by atoms with Crippen LogP contribution in [0.5, 0.6) is 11.5 Å². The van der Waals surface area contributed by atoms with Crippen LogP contribution in [0.15, 0.2) is 59.6 Å². The van der Waals surface area contributed by atoms with Crippen molar-refractivity contribution in [1.29, 1.82) is 0 Å². The van der Waals surface area contributed by atoms with E-state index < -0.39 is 0 Å². The van der Waals surface area contributed by atoms with Crippen LogP contribution in [0.1, 0.15) is 11.1 Å². The zero-order valence-electron chi connectivity index (χ0n) is 15.7. The molecule has 2 N–H and O–H groups in total. The van der Waals surface area contributed by atoms with E-state index in [0.717, 1.165) is 30.6 Å². The van der Waals surface area contributed by atoms with E-state index in [1.165, 1.54) is 18.3 Å². The van der Waals surface area contributed by atoms with Crippen LogP contribution in [0, 0.1) is 6.92 Å². The number of rotatable bonds is 2. The van der Waals surface area contributed by atoms with E-state index in [2.05, 4.69) is 4.99 Å². The number of aliphatic imine (C=N–C) groups is 1. The molecule has 0 heterocycles. The van der Waals surface area contributed by atoms with E-state index in [9.17, 15) is 10.2 Å².